The largest absolute Gasteiger partial charge is 0.508 e. The molecule has 0 bridgehead atoms. The molecule has 0 spiro atoms. The van der Waals surface area contributed by atoms with Crippen LogP contribution in [0.3, 0.4) is 0 Å². The maximum Gasteiger partial charge on any atom is 0.131 e. The third-order valence-corrected chi connectivity index (χ3v) is 7.78. The highest BCUT2D eigenvalue weighted by molar-refractivity contribution is 5.50. The van der Waals surface area contributed by atoms with E-state index in [0.717, 1.165) is 23.6 Å². The summed E-state index contributed by atoms with van der Waals surface area (Å²) in [7, 11) is 0. The summed E-state index contributed by atoms with van der Waals surface area (Å²) in [6, 6.07) is 36.0. The van der Waals surface area contributed by atoms with Crippen LogP contribution in [0.2, 0.25) is 0 Å². The number of aromatic hydroxyl groups is 1. The summed E-state index contributed by atoms with van der Waals surface area (Å²) in [4.78, 5) is 2.45. The van der Waals surface area contributed by atoms with Crippen molar-refractivity contribution in [3.63, 3.8) is 0 Å². The van der Waals surface area contributed by atoms with Crippen LogP contribution < -0.4 is 9.47 Å². The molecular weight excluding hydrogens is 482 g/mol. The monoisotopic (exact) mass is 521 g/mol. The molecule has 0 unspecified atom stereocenters. The van der Waals surface area contributed by atoms with E-state index < -0.39 is 0 Å². The number of benzene rings is 4. The second-order valence-electron chi connectivity index (χ2n) is 10.9. The lowest BCUT2D eigenvalue weighted by atomic mass is 9.71. The first-order valence-electron chi connectivity index (χ1n) is 14.0. The number of hydrogen-bond acceptors (Lipinski definition) is 4. The average Bonchev–Trinajstić information content (AvgIpc) is 2.95. The molecule has 1 aliphatic heterocycles. The van der Waals surface area contributed by atoms with Crippen LogP contribution in [0.25, 0.3) is 0 Å². The smallest absolute Gasteiger partial charge is 0.131 e. The molecule has 202 valence electrons. The topological polar surface area (TPSA) is 41.9 Å². The molecule has 0 radical (unpaired) electrons. The van der Waals surface area contributed by atoms with Gasteiger partial charge in [-0.25, -0.2) is 0 Å². The summed E-state index contributed by atoms with van der Waals surface area (Å²) >= 11 is 0. The first kappa shape index (κ1) is 26.8. The highest BCUT2D eigenvalue weighted by Crippen LogP contribution is 2.53. The lowest BCUT2D eigenvalue weighted by molar-refractivity contribution is 0.140. The summed E-state index contributed by atoms with van der Waals surface area (Å²) in [5, 5.41) is 9.94. The minimum absolute atomic E-state index is 0.0445. The van der Waals surface area contributed by atoms with Crippen molar-refractivity contribution >= 4 is 0 Å². The van der Waals surface area contributed by atoms with Crippen LogP contribution in [0.15, 0.2) is 103 Å². The molecule has 0 fully saturated rings. The van der Waals surface area contributed by atoms with E-state index >= 15 is 0 Å². The third kappa shape index (κ3) is 5.97. The van der Waals surface area contributed by atoms with Crippen molar-refractivity contribution in [2.75, 3.05) is 13.2 Å². The summed E-state index contributed by atoms with van der Waals surface area (Å²) in [6.07, 6.45) is -0.207. The molecule has 4 nitrogen and oxygen atoms in total. The minimum Gasteiger partial charge on any atom is -0.508 e. The van der Waals surface area contributed by atoms with Gasteiger partial charge >= 0.3 is 0 Å². The summed E-state index contributed by atoms with van der Waals surface area (Å²) in [5.41, 5.74) is 4.67. The summed E-state index contributed by atoms with van der Waals surface area (Å²) in [6.45, 7) is 10.5. The Morgan fingerprint density at radius 2 is 1.33 bits per heavy atom. The van der Waals surface area contributed by atoms with Gasteiger partial charge < -0.3 is 14.6 Å². The van der Waals surface area contributed by atoms with Gasteiger partial charge in [0.25, 0.3) is 0 Å². The zero-order valence-electron chi connectivity index (χ0n) is 23.3. The van der Waals surface area contributed by atoms with Crippen LogP contribution >= 0.6 is 0 Å². The highest BCUT2D eigenvalue weighted by atomic mass is 16.5. The van der Waals surface area contributed by atoms with Crippen LogP contribution in [0.1, 0.15) is 67.9 Å². The molecular formula is C35H39NO3. The van der Waals surface area contributed by atoms with Crippen LogP contribution in [0.4, 0.5) is 0 Å². The van der Waals surface area contributed by atoms with Gasteiger partial charge in [0, 0.05) is 36.0 Å². The molecule has 1 N–H and O–H groups in total. The fraction of sp³-hybridized carbons (Fsp3) is 0.314. The lowest BCUT2D eigenvalue weighted by Gasteiger charge is -2.40. The molecule has 39 heavy (non-hydrogen) atoms. The first-order valence-corrected chi connectivity index (χ1v) is 14.0. The van der Waals surface area contributed by atoms with Gasteiger partial charge in [-0.15, -0.1) is 0 Å². The number of phenolic OH excluding ortho intramolecular Hbond substituents is 1. The van der Waals surface area contributed by atoms with Crippen molar-refractivity contribution in [2.24, 2.45) is 0 Å². The van der Waals surface area contributed by atoms with E-state index in [-0.39, 0.29) is 23.7 Å². The van der Waals surface area contributed by atoms with Crippen molar-refractivity contribution in [3.8, 4) is 17.2 Å². The quantitative estimate of drug-likeness (QED) is 0.243. The van der Waals surface area contributed by atoms with Gasteiger partial charge in [-0.05, 0) is 74.7 Å². The maximum absolute atomic E-state index is 9.94. The highest BCUT2D eigenvalue weighted by Gasteiger charge is 2.41. The van der Waals surface area contributed by atoms with Gasteiger partial charge in [0.05, 0.1) is 0 Å². The molecule has 0 saturated carbocycles. The maximum atomic E-state index is 9.94. The summed E-state index contributed by atoms with van der Waals surface area (Å²) < 4.78 is 12.9. The summed E-state index contributed by atoms with van der Waals surface area (Å²) in [5.74, 6) is 2.17. The number of para-hydroxylation sites is 1. The van der Waals surface area contributed by atoms with Gasteiger partial charge in [0.15, 0.2) is 0 Å². The SMILES string of the molecule is CC(C)N(CCOc1ccc([C@H]2c3ccccc3O[C@@H](c3ccc(O)cc3)[C@@H]2c2ccccc2)cc1)C(C)C. The Morgan fingerprint density at radius 1 is 0.718 bits per heavy atom. The predicted molar refractivity (Wildman–Crippen MR) is 158 cm³/mol. The fourth-order valence-electron chi connectivity index (χ4n) is 5.94. The second kappa shape index (κ2) is 12.0. The van der Waals surface area contributed by atoms with Crippen LogP contribution in [-0.2, 0) is 0 Å². The van der Waals surface area contributed by atoms with E-state index in [1.807, 2.05) is 18.2 Å². The zero-order valence-corrected chi connectivity index (χ0v) is 23.3. The van der Waals surface area contributed by atoms with Crippen LogP contribution in [-0.4, -0.2) is 35.2 Å². The molecule has 4 aromatic carbocycles. The zero-order chi connectivity index (χ0) is 27.4. The number of nitrogens with zero attached hydrogens (tertiary/aromatic N) is 1. The van der Waals surface area contributed by atoms with Gasteiger partial charge in [-0.1, -0.05) is 72.8 Å². The molecule has 4 aromatic rings. The van der Waals surface area contributed by atoms with E-state index in [4.69, 9.17) is 9.47 Å². The van der Waals surface area contributed by atoms with E-state index in [2.05, 4.69) is 105 Å². The van der Waals surface area contributed by atoms with E-state index in [9.17, 15) is 5.11 Å². The van der Waals surface area contributed by atoms with Crippen LogP contribution in [0.5, 0.6) is 17.2 Å². The Morgan fingerprint density at radius 3 is 2.00 bits per heavy atom. The molecule has 3 atom stereocenters. The number of phenols is 1. The number of ether oxygens (including phenoxy) is 2. The molecule has 1 heterocycles. The Labute approximate surface area is 232 Å². The molecule has 0 amide bonds. The first-order chi connectivity index (χ1) is 18.9. The van der Waals surface area contributed by atoms with Gasteiger partial charge in [0.2, 0.25) is 0 Å². The standard InChI is InChI=1S/C35H39NO3/c1-24(2)36(25(3)4)22-23-38-30-20-16-27(17-21-30)33-31-12-8-9-13-32(31)39-35(28-14-18-29(37)19-15-28)34(33)26-10-6-5-7-11-26/h5-21,24-25,33-35,37H,22-23H2,1-4H3/t33-,34+,35-/m0/s1. The fourth-order valence-corrected chi connectivity index (χ4v) is 5.94. The Bertz CT molecular complexity index is 1320. The third-order valence-electron chi connectivity index (χ3n) is 7.78. The molecule has 5 rings (SSSR count). The Hall–Kier alpha value is -3.76. The van der Waals surface area contributed by atoms with E-state index in [0.29, 0.717) is 18.7 Å². The minimum atomic E-state index is -0.207. The Kier molecular flexibility index (Phi) is 8.23. The van der Waals surface area contributed by atoms with Gasteiger partial charge in [-0.2, -0.15) is 0 Å². The van der Waals surface area contributed by atoms with Crippen molar-refractivity contribution in [1.29, 1.82) is 0 Å². The van der Waals surface area contributed by atoms with Crippen molar-refractivity contribution < 1.29 is 14.6 Å². The number of hydrogen-bond donors (Lipinski definition) is 1. The molecule has 0 aliphatic carbocycles. The molecule has 0 aromatic heterocycles. The van der Waals surface area contributed by atoms with Crippen molar-refractivity contribution in [3.05, 3.63) is 125 Å². The number of rotatable bonds is 9. The van der Waals surface area contributed by atoms with E-state index in [1.165, 1.54) is 16.7 Å². The number of fused-ring (bicyclic) bond motifs is 1. The van der Waals surface area contributed by atoms with Crippen molar-refractivity contribution in [2.45, 2.75) is 57.7 Å². The van der Waals surface area contributed by atoms with Gasteiger partial charge in [0.1, 0.15) is 30.0 Å². The predicted octanol–water partition coefficient (Wildman–Crippen LogP) is 7.94. The molecule has 0 saturated heterocycles. The lowest BCUT2D eigenvalue weighted by Crippen LogP contribution is -2.39. The normalized spacial score (nSPS) is 18.7. The van der Waals surface area contributed by atoms with Crippen molar-refractivity contribution in [1.82, 2.24) is 4.90 Å². The van der Waals surface area contributed by atoms with E-state index in [1.54, 1.807) is 12.1 Å². The Balaban J connectivity index is 1.48. The molecule has 4 heteroatoms. The van der Waals surface area contributed by atoms with Gasteiger partial charge in [-0.3, -0.25) is 4.90 Å². The average molecular weight is 522 g/mol. The van der Waals surface area contributed by atoms with Crippen LogP contribution in [0, 0.1) is 0 Å². The molecule has 1 aliphatic rings. The second-order valence-corrected chi connectivity index (χ2v) is 10.9.